The SMILES string of the molecule is Fc1c(F)c(-c2ccccn2)c(F)c(F)c1C1=c2ccc([nH]2)=C(c2c(F)c(F)c(-c3ccccn3)c(F)c2F)c2ccc([nH]2)C(c2c(F)c(F)c(-c3ccccn3)c(F)c2F)=c2ccc([nH]2)=C(c2c(F)c(F)c(-c3ccccn3)c(F)c2F)c2ccc1[nH]2. The Morgan fingerprint density at radius 3 is 0.545 bits per heavy atom. The second-order valence-electron chi connectivity index (χ2n) is 19.5. The van der Waals surface area contributed by atoms with Gasteiger partial charge in [-0.25, -0.2) is 70.2 Å². The predicted molar refractivity (Wildman–Crippen MR) is 286 cm³/mol. The average Bonchev–Trinajstić information content (AvgIpc) is 2.30. The minimum absolute atomic E-state index is 0.596. The van der Waals surface area contributed by atoms with E-state index in [0.717, 1.165) is 97.6 Å². The Labute approximate surface area is 481 Å². The fourth-order valence-corrected chi connectivity index (χ4v) is 10.8. The van der Waals surface area contributed by atoms with E-state index in [0.29, 0.717) is 0 Å². The van der Waals surface area contributed by atoms with Crippen molar-refractivity contribution in [2.45, 2.75) is 0 Å². The van der Waals surface area contributed by atoms with Crippen LogP contribution in [0.5, 0.6) is 0 Å². The Kier molecular flexibility index (Phi) is 13.7. The van der Waals surface area contributed by atoms with Crippen molar-refractivity contribution in [2.75, 3.05) is 0 Å². The van der Waals surface area contributed by atoms with E-state index in [1.54, 1.807) is 0 Å². The highest BCUT2D eigenvalue weighted by Crippen LogP contribution is 2.42. The first kappa shape index (κ1) is 56.1. The molecule has 1 aliphatic rings. The quantitative estimate of drug-likeness (QED) is 0.0896. The van der Waals surface area contributed by atoms with Crippen molar-refractivity contribution in [1.82, 2.24) is 39.9 Å². The largest absolute Gasteiger partial charge is 0.354 e. The van der Waals surface area contributed by atoms with E-state index in [9.17, 15) is 0 Å². The Hall–Kier alpha value is -11.0. The molecule has 436 valence electrons. The van der Waals surface area contributed by atoms with Crippen molar-refractivity contribution < 1.29 is 70.2 Å². The maximum atomic E-state index is 17.1. The number of nitrogens with one attached hydrogen (secondary N) is 4. The lowest BCUT2D eigenvalue weighted by Crippen LogP contribution is -2.22. The van der Waals surface area contributed by atoms with Gasteiger partial charge >= 0.3 is 0 Å². The molecule has 0 amide bonds. The number of benzene rings is 4. The minimum Gasteiger partial charge on any atom is -0.354 e. The highest BCUT2D eigenvalue weighted by Gasteiger charge is 2.36. The molecule has 1 aliphatic heterocycles. The molecule has 24 heteroatoms. The lowest BCUT2D eigenvalue weighted by atomic mass is 9.97. The van der Waals surface area contributed by atoms with Crippen molar-refractivity contribution in [3.8, 4) is 45.0 Å². The first-order valence-corrected chi connectivity index (χ1v) is 25.7. The van der Waals surface area contributed by atoms with E-state index in [2.05, 4.69) is 39.9 Å². The Morgan fingerprint density at radius 1 is 0.193 bits per heavy atom. The second-order valence-corrected chi connectivity index (χ2v) is 19.5. The first-order chi connectivity index (χ1) is 42.4. The number of halogens is 16. The summed E-state index contributed by atoms with van der Waals surface area (Å²) < 4.78 is 270. The normalized spacial score (nSPS) is 12.5. The van der Waals surface area contributed by atoms with Gasteiger partial charge in [-0.15, -0.1) is 0 Å². The first-order valence-electron chi connectivity index (χ1n) is 25.7. The maximum Gasteiger partial charge on any atom is 0.172 e. The molecule has 8 nitrogen and oxygen atoms in total. The molecule has 13 rings (SSSR count). The smallest absolute Gasteiger partial charge is 0.172 e. The zero-order valence-electron chi connectivity index (χ0n) is 43.7. The molecular formula is C64H28F16N8. The summed E-state index contributed by atoms with van der Waals surface area (Å²) >= 11 is 0. The lowest BCUT2D eigenvalue weighted by molar-refractivity contribution is 0.454. The van der Waals surface area contributed by atoms with Crippen LogP contribution in [0.1, 0.15) is 45.0 Å². The third-order valence-electron chi connectivity index (χ3n) is 14.6. The number of nitrogens with zero attached hydrogens (tertiary/aromatic N) is 4. The topological polar surface area (TPSA) is 115 Å². The monoisotopic (exact) mass is 1210 g/mol. The molecule has 0 spiro atoms. The zero-order valence-corrected chi connectivity index (χ0v) is 43.7. The van der Waals surface area contributed by atoms with Gasteiger partial charge in [0.15, 0.2) is 93.1 Å². The van der Waals surface area contributed by atoms with Crippen LogP contribution in [-0.2, 0) is 0 Å². The number of pyridine rings is 4. The summed E-state index contributed by atoms with van der Waals surface area (Å²) in [4.78, 5) is 25.6. The summed E-state index contributed by atoms with van der Waals surface area (Å²) in [5, 5.41) is -2.77. The molecule has 0 saturated heterocycles. The van der Waals surface area contributed by atoms with Gasteiger partial charge in [0.05, 0.1) is 67.3 Å². The van der Waals surface area contributed by atoms with Gasteiger partial charge in [0.2, 0.25) is 0 Å². The summed E-state index contributed by atoms with van der Waals surface area (Å²) in [5.74, 6) is -33.4. The molecule has 8 aromatic heterocycles. The summed E-state index contributed by atoms with van der Waals surface area (Å²) in [6.07, 6.45) is 4.22. The third-order valence-corrected chi connectivity index (χ3v) is 14.6. The van der Waals surface area contributed by atoms with Gasteiger partial charge in [0.1, 0.15) is 0 Å². The van der Waals surface area contributed by atoms with Crippen molar-refractivity contribution >= 4 is 22.3 Å². The standard InChI is InChI=1S/C64H28F16N8/c65-49-41(25-9-1-5-21-81-25)50(66)58(74)45(57(49)73)37-29-13-15-31(85-29)38(46-59(75)51(67)42(52(68)60(46)76)26-10-2-6-22-82-26)33-17-19-35(87-33)40(48-63(79)55(71)44(56(72)64(48)80)28-12-4-8-24-84-28)36-20-18-34(88-36)39(32-16-14-30(37)86-32)47-61(77)53(69)43(54(70)62(47)78)27-11-3-7-23-83-27/h1-24,85-88H. The minimum atomic E-state index is -2.13. The van der Waals surface area contributed by atoms with Crippen LogP contribution in [0.2, 0.25) is 0 Å². The summed E-state index contributed by atoms with van der Waals surface area (Å²) in [7, 11) is 0. The summed E-state index contributed by atoms with van der Waals surface area (Å²) in [5.41, 5.74) is -20.5. The number of aromatic nitrogens is 8. The second kappa shape index (κ2) is 21.5. The van der Waals surface area contributed by atoms with Gasteiger partial charge < -0.3 is 19.9 Å². The van der Waals surface area contributed by atoms with Gasteiger partial charge in [-0.2, -0.15) is 0 Å². The van der Waals surface area contributed by atoms with E-state index in [1.807, 2.05) is 0 Å². The molecular weight excluding hydrogens is 1180 g/mol. The predicted octanol–water partition coefficient (Wildman–Crippen LogP) is 12.8. The molecule has 0 fully saturated rings. The number of aromatic amines is 4. The van der Waals surface area contributed by atoms with E-state index in [4.69, 9.17) is 0 Å². The fourth-order valence-electron chi connectivity index (χ4n) is 10.8. The molecule has 8 bridgehead atoms. The van der Waals surface area contributed by atoms with Crippen LogP contribution in [0.25, 0.3) is 67.3 Å². The molecule has 4 N–H and O–H groups in total. The van der Waals surface area contributed by atoms with Crippen LogP contribution in [0.15, 0.2) is 146 Å². The number of hydrogen-bond acceptors (Lipinski definition) is 4. The third kappa shape index (κ3) is 8.71. The molecule has 0 saturated carbocycles. The van der Waals surface area contributed by atoms with E-state index < -0.39 is 227 Å². The summed E-state index contributed by atoms with van der Waals surface area (Å²) in [6, 6.07) is 21.4. The summed E-state index contributed by atoms with van der Waals surface area (Å²) in [6.45, 7) is 0. The number of fused-ring (bicyclic) bond motifs is 8. The number of hydrogen-bond donors (Lipinski definition) is 4. The van der Waals surface area contributed by atoms with Crippen molar-refractivity contribution in [2.24, 2.45) is 0 Å². The molecule has 0 unspecified atom stereocenters. The van der Waals surface area contributed by atoms with Gasteiger partial charge in [0, 0.05) is 91.3 Å². The Bertz CT molecular complexity index is 4410. The lowest BCUT2D eigenvalue weighted by Gasteiger charge is -2.16. The van der Waals surface area contributed by atoms with Gasteiger partial charge in [-0.05, 0) is 97.1 Å². The van der Waals surface area contributed by atoms with Crippen LogP contribution < -0.4 is 21.4 Å². The molecule has 0 radical (unpaired) electrons. The zero-order chi connectivity index (χ0) is 61.7. The van der Waals surface area contributed by atoms with Crippen LogP contribution in [0, 0.1) is 93.1 Å². The van der Waals surface area contributed by atoms with Gasteiger partial charge in [-0.3, -0.25) is 19.9 Å². The molecule has 4 aromatic carbocycles. The molecule has 9 heterocycles. The average molecular weight is 1210 g/mol. The maximum absolute atomic E-state index is 17.1. The van der Waals surface area contributed by atoms with Crippen LogP contribution in [-0.4, -0.2) is 39.9 Å². The Morgan fingerprint density at radius 2 is 0.375 bits per heavy atom. The molecule has 12 aromatic rings. The van der Waals surface area contributed by atoms with E-state index >= 15 is 70.2 Å². The van der Waals surface area contributed by atoms with Gasteiger partial charge in [-0.1, -0.05) is 24.3 Å². The van der Waals surface area contributed by atoms with E-state index in [1.165, 1.54) is 48.5 Å². The van der Waals surface area contributed by atoms with E-state index in [-0.39, 0.29) is 0 Å². The van der Waals surface area contributed by atoms with Gasteiger partial charge in [0.25, 0.3) is 0 Å². The van der Waals surface area contributed by atoms with Crippen molar-refractivity contribution in [3.63, 3.8) is 0 Å². The van der Waals surface area contributed by atoms with Crippen molar-refractivity contribution in [3.05, 3.63) is 306 Å². The van der Waals surface area contributed by atoms with Crippen molar-refractivity contribution in [1.29, 1.82) is 0 Å². The van der Waals surface area contributed by atoms with Crippen LogP contribution >= 0.6 is 0 Å². The number of H-pyrrole nitrogens is 4. The number of rotatable bonds is 8. The fraction of sp³-hybridized carbons (Fsp3) is 0. The van der Waals surface area contributed by atoms with Crippen LogP contribution in [0.3, 0.4) is 0 Å². The molecule has 88 heavy (non-hydrogen) atoms. The highest BCUT2D eigenvalue weighted by molar-refractivity contribution is 5.87. The van der Waals surface area contributed by atoms with Crippen LogP contribution in [0.4, 0.5) is 70.2 Å². The Balaban J connectivity index is 1.20. The molecule has 0 atom stereocenters. The molecule has 0 aliphatic carbocycles. The highest BCUT2D eigenvalue weighted by atomic mass is 19.2.